The fraction of sp³-hybridized carbons (Fsp3) is 0.600. The molecule has 0 amide bonds. The van der Waals surface area contributed by atoms with E-state index < -0.39 is 0 Å². The van der Waals surface area contributed by atoms with E-state index in [1.165, 1.54) is 44.2 Å². The normalized spacial score (nSPS) is 17.1. The second-order valence-corrected chi connectivity index (χ2v) is 5.98. The summed E-state index contributed by atoms with van der Waals surface area (Å²) in [6.07, 6.45) is 6.68. The van der Waals surface area contributed by atoms with Crippen molar-refractivity contribution in [3.63, 3.8) is 0 Å². The summed E-state index contributed by atoms with van der Waals surface area (Å²) in [4.78, 5) is 2.27. The van der Waals surface area contributed by atoms with Crippen LogP contribution in [0, 0.1) is 0 Å². The minimum atomic E-state index is 0. The van der Waals surface area contributed by atoms with E-state index in [0.717, 1.165) is 5.02 Å². The molecule has 0 unspecified atom stereocenters. The zero-order valence-electron chi connectivity index (χ0n) is 11.3. The lowest BCUT2D eigenvalue weighted by Gasteiger charge is -2.43. The van der Waals surface area contributed by atoms with Crippen molar-refractivity contribution in [2.45, 2.75) is 37.5 Å². The Labute approximate surface area is 122 Å². The molecular formula is C15H23Cl2N. The Morgan fingerprint density at radius 1 is 1.17 bits per heavy atom. The van der Waals surface area contributed by atoms with E-state index in [1.807, 2.05) is 12.1 Å². The summed E-state index contributed by atoms with van der Waals surface area (Å²) in [5.74, 6) is 0. The van der Waals surface area contributed by atoms with Crippen LogP contribution in [0.4, 0.5) is 0 Å². The van der Waals surface area contributed by atoms with Crippen LogP contribution in [0.2, 0.25) is 5.02 Å². The van der Waals surface area contributed by atoms with E-state index in [-0.39, 0.29) is 12.4 Å². The molecule has 1 aromatic carbocycles. The first-order chi connectivity index (χ1) is 8.12. The SMILES string of the molecule is CN(C)CCCC1(c2ccc(Cl)cc2)CCC1.Cl. The van der Waals surface area contributed by atoms with Crippen LogP contribution in [-0.4, -0.2) is 25.5 Å². The molecule has 0 heterocycles. The Bertz CT molecular complexity index is 355. The maximum absolute atomic E-state index is 5.96. The summed E-state index contributed by atoms with van der Waals surface area (Å²) in [7, 11) is 4.30. The van der Waals surface area contributed by atoms with E-state index in [0.29, 0.717) is 5.41 Å². The second-order valence-electron chi connectivity index (χ2n) is 5.55. The van der Waals surface area contributed by atoms with Crippen molar-refractivity contribution in [3.8, 4) is 0 Å². The van der Waals surface area contributed by atoms with Crippen molar-refractivity contribution >= 4 is 24.0 Å². The molecule has 1 aliphatic carbocycles. The topological polar surface area (TPSA) is 3.24 Å². The first-order valence-electron chi connectivity index (χ1n) is 6.53. The van der Waals surface area contributed by atoms with Gasteiger partial charge in [-0.15, -0.1) is 12.4 Å². The molecule has 3 heteroatoms. The van der Waals surface area contributed by atoms with Gasteiger partial charge in [-0.2, -0.15) is 0 Å². The van der Waals surface area contributed by atoms with E-state index in [1.54, 1.807) is 0 Å². The summed E-state index contributed by atoms with van der Waals surface area (Å²) in [6.45, 7) is 1.19. The number of rotatable bonds is 5. The van der Waals surface area contributed by atoms with Crippen LogP contribution < -0.4 is 0 Å². The van der Waals surface area contributed by atoms with Gasteiger partial charge in [0, 0.05) is 5.02 Å². The third-order valence-corrected chi connectivity index (χ3v) is 4.28. The Hall–Kier alpha value is -0.240. The number of benzene rings is 1. The first-order valence-corrected chi connectivity index (χ1v) is 6.91. The van der Waals surface area contributed by atoms with Gasteiger partial charge in [0.2, 0.25) is 0 Å². The highest BCUT2D eigenvalue weighted by Crippen LogP contribution is 2.47. The van der Waals surface area contributed by atoms with Crippen LogP contribution in [0.3, 0.4) is 0 Å². The van der Waals surface area contributed by atoms with E-state index in [2.05, 4.69) is 31.1 Å². The van der Waals surface area contributed by atoms with Crippen molar-refractivity contribution in [2.24, 2.45) is 0 Å². The molecule has 1 nitrogen and oxygen atoms in total. The third kappa shape index (κ3) is 3.63. The van der Waals surface area contributed by atoms with Crippen molar-refractivity contribution < 1.29 is 0 Å². The lowest BCUT2D eigenvalue weighted by Crippen LogP contribution is -2.34. The Balaban J connectivity index is 0.00000162. The molecule has 0 N–H and O–H groups in total. The molecule has 2 rings (SSSR count). The highest BCUT2D eigenvalue weighted by molar-refractivity contribution is 6.30. The number of halogens is 2. The standard InChI is InChI=1S/C15H22ClN.ClH/c1-17(2)12-4-11-15(9-3-10-15)13-5-7-14(16)8-6-13;/h5-8H,3-4,9-12H2,1-2H3;1H. The van der Waals surface area contributed by atoms with Crippen molar-refractivity contribution in [2.75, 3.05) is 20.6 Å². The van der Waals surface area contributed by atoms with Gasteiger partial charge in [0.1, 0.15) is 0 Å². The lowest BCUT2D eigenvalue weighted by atomic mass is 9.62. The number of nitrogens with zero attached hydrogens (tertiary/aromatic N) is 1. The molecule has 0 bridgehead atoms. The van der Waals surface area contributed by atoms with Crippen molar-refractivity contribution in [3.05, 3.63) is 34.9 Å². The minimum absolute atomic E-state index is 0. The molecule has 102 valence electrons. The Kier molecular flexibility index (Phi) is 5.97. The van der Waals surface area contributed by atoms with Gasteiger partial charge in [-0.1, -0.05) is 30.2 Å². The predicted octanol–water partition coefficient (Wildman–Crippen LogP) is 4.53. The molecule has 0 saturated heterocycles. The van der Waals surface area contributed by atoms with Gasteiger partial charge in [-0.3, -0.25) is 0 Å². The first kappa shape index (κ1) is 15.8. The van der Waals surface area contributed by atoms with Gasteiger partial charge in [-0.05, 0) is 69.4 Å². The molecule has 1 saturated carbocycles. The molecule has 0 radical (unpaired) electrons. The molecule has 0 atom stereocenters. The van der Waals surface area contributed by atoms with Gasteiger partial charge < -0.3 is 4.90 Å². The van der Waals surface area contributed by atoms with Crippen molar-refractivity contribution in [1.29, 1.82) is 0 Å². The molecule has 1 fully saturated rings. The van der Waals surface area contributed by atoms with Crippen LogP contribution in [0.15, 0.2) is 24.3 Å². The highest BCUT2D eigenvalue weighted by Gasteiger charge is 2.37. The number of hydrogen-bond acceptors (Lipinski definition) is 1. The smallest absolute Gasteiger partial charge is 0.0406 e. The predicted molar refractivity (Wildman–Crippen MR) is 82.0 cm³/mol. The fourth-order valence-corrected chi connectivity index (χ4v) is 2.95. The highest BCUT2D eigenvalue weighted by atomic mass is 35.5. The molecule has 18 heavy (non-hydrogen) atoms. The van der Waals surface area contributed by atoms with Crippen LogP contribution >= 0.6 is 24.0 Å². The second kappa shape index (κ2) is 6.79. The summed E-state index contributed by atoms with van der Waals surface area (Å²) < 4.78 is 0. The quantitative estimate of drug-likeness (QED) is 0.769. The minimum Gasteiger partial charge on any atom is -0.309 e. The molecular weight excluding hydrogens is 265 g/mol. The summed E-state index contributed by atoms with van der Waals surface area (Å²) in [5, 5.41) is 0.844. The van der Waals surface area contributed by atoms with Gasteiger partial charge in [0.05, 0.1) is 0 Å². The molecule has 0 aliphatic heterocycles. The average Bonchev–Trinajstić information content (AvgIpc) is 2.23. The molecule has 0 aromatic heterocycles. The number of hydrogen-bond donors (Lipinski definition) is 0. The van der Waals surface area contributed by atoms with Gasteiger partial charge in [-0.25, -0.2) is 0 Å². The van der Waals surface area contributed by atoms with Crippen LogP contribution in [0.25, 0.3) is 0 Å². The largest absolute Gasteiger partial charge is 0.309 e. The van der Waals surface area contributed by atoms with Crippen LogP contribution in [0.5, 0.6) is 0 Å². The third-order valence-electron chi connectivity index (χ3n) is 4.03. The van der Waals surface area contributed by atoms with E-state index in [9.17, 15) is 0 Å². The lowest BCUT2D eigenvalue weighted by molar-refractivity contribution is 0.211. The maximum Gasteiger partial charge on any atom is 0.0406 e. The summed E-state index contributed by atoms with van der Waals surface area (Å²) >= 11 is 5.96. The van der Waals surface area contributed by atoms with E-state index in [4.69, 9.17) is 11.6 Å². The van der Waals surface area contributed by atoms with Gasteiger partial charge in [0.15, 0.2) is 0 Å². The zero-order chi connectivity index (χ0) is 12.3. The van der Waals surface area contributed by atoms with E-state index >= 15 is 0 Å². The molecule has 1 aliphatic rings. The Morgan fingerprint density at radius 3 is 2.22 bits per heavy atom. The van der Waals surface area contributed by atoms with Crippen LogP contribution in [-0.2, 0) is 5.41 Å². The van der Waals surface area contributed by atoms with Gasteiger partial charge >= 0.3 is 0 Å². The Morgan fingerprint density at radius 2 is 1.78 bits per heavy atom. The maximum atomic E-state index is 5.96. The van der Waals surface area contributed by atoms with Crippen LogP contribution in [0.1, 0.15) is 37.7 Å². The molecule has 1 aromatic rings. The fourth-order valence-electron chi connectivity index (χ4n) is 2.82. The molecule has 0 spiro atoms. The van der Waals surface area contributed by atoms with Gasteiger partial charge in [0.25, 0.3) is 0 Å². The average molecular weight is 288 g/mol. The van der Waals surface area contributed by atoms with Crippen molar-refractivity contribution in [1.82, 2.24) is 4.90 Å². The summed E-state index contributed by atoms with van der Waals surface area (Å²) in [5.41, 5.74) is 1.95. The summed E-state index contributed by atoms with van der Waals surface area (Å²) in [6, 6.07) is 8.50. The monoisotopic (exact) mass is 287 g/mol. The zero-order valence-corrected chi connectivity index (χ0v) is 12.9.